The summed E-state index contributed by atoms with van der Waals surface area (Å²) in [5.41, 5.74) is 1.01. The van der Waals surface area contributed by atoms with Gasteiger partial charge < -0.3 is 0 Å². The highest BCUT2D eigenvalue weighted by atomic mass is 32.1. The molecule has 6 heteroatoms. The van der Waals surface area contributed by atoms with Crippen LogP contribution in [0.5, 0.6) is 0 Å². The summed E-state index contributed by atoms with van der Waals surface area (Å²) in [5.74, 6) is -0.0468. The SMILES string of the molecule is CCN(CC)C(C)C(=O)Nc1nnc(-c2ccccc2)s1. The Hall–Kier alpha value is -1.79. The van der Waals surface area contributed by atoms with Gasteiger partial charge in [0.25, 0.3) is 0 Å². The molecule has 1 N–H and O–H groups in total. The van der Waals surface area contributed by atoms with Gasteiger partial charge in [-0.25, -0.2) is 0 Å². The van der Waals surface area contributed by atoms with Crippen molar-refractivity contribution >= 4 is 22.4 Å². The Balaban J connectivity index is 2.04. The van der Waals surface area contributed by atoms with Crippen LogP contribution in [0.1, 0.15) is 20.8 Å². The Morgan fingerprint density at radius 3 is 2.52 bits per heavy atom. The third-order valence-electron chi connectivity index (χ3n) is 3.42. The van der Waals surface area contributed by atoms with Crippen molar-refractivity contribution in [3.63, 3.8) is 0 Å². The van der Waals surface area contributed by atoms with Crippen molar-refractivity contribution in [3.05, 3.63) is 30.3 Å². The van der Waals surface area contributed by atoms with Crippen molar-refractivity contribution in [1.29, 1.82) is 0 Å². The Kier molecular flexibility index (Phi) is 5.41. The summed E-state index contributed by atoms with van der Waals surface area (Å²) in [7, 11) is 0. The number of carbonyl (C=O) groups is 1. The van der Waals surface area contributed by atoms with Gasteiger partial charge in [0.05, 0.1) is 6.04 Å². The van der Waals surface area contributed by atoms with Crippen molar-refractivity contribution in [3.8, 4) is 10.6 Å². The number of hydrogen-bond acceptors (Lipinski definition) is 5. The first-order valence-corrected chi connectivity index (χ1v) is 7.91. The lowest BCUT2D eigenvalue weighted by Crippen LogP contribution is -2.41. The van der Waals surface area contributed by atoms with Gasteiger partial charge in [-0.3, -0.25) is 15.0 Å². The van der Waals surface area contributed by atoms with Crippen molar-refractivity contribution in [2.24, 2.45) is 0 Å². The number of rotatable bonds is 6. The number of carbonyl (C=O) groups excluding carboxylic acids is 1. The molecule has 2 rings (SSSR count). The van der Waals surface area contributed by atoms with Crippen LogP contribution in [0.25, 0.3) is 10.6 Å². The lowest BCUT2D eigenvalue weighted by Gasteiger charge is -2.24. The van der Waals surface area contributed by atoms with Crippen molar-refractivity contribution in [2.45, 2.75) is 26.8 Å². The number of benzene rings is 1. The first kappa shape index (κ1) is 15.6. The zero-order valence-electron chi connectivity index (χ0n) is 12.5. The molecule has 1 amide bonds. The van der Waals surface area contributed by atoms with E-state index in [0.717, 1.165) is 23.7 Å². The molecule has 0 spiro atoms. The Morgan fingerprint density at radius 2 is 1.90 bits per heavy atom. The van der Waals surface area contributed by atoms with Gasteiger partial charge in [-0.05, 0) is 20.0 Å². The summed E-state index contributed by atoms with van der Waals surface area (Å²) >= 11 is 1.39. The van der Waals surface area contributed by atoms with E-state index in [9.17, 15) is 4.79 Å². The molecule has 0 aliphatic rings. The molecule has 0 radical (unpaired) electrons. The number of nitrogens with zero attached hydrogens (tertiary/aromatic N) is 3. The fraction of sp³-hybridized carbons (Fsp3) is 0.400. The second-order valence-corrected chi connectivity index (χ2v) is 5.64. The Bertz CT molecular complexity index is 580. The molecule has 0 saturated heterocycles. The first-order chi connectivity index (χ1) is 10.2. The van der Waals surface area contributed by atoms with Gasteiger partial charge >= 0.3 is 0 Å². The smallest absolute Gasteiger partial charge is 0.243 e. The highest BCUT2D eigenvalue weighted by Gasteiger charge is 2.20. The monoisotopic (exact) mass is 304 g/mol. The predicted molar refractivity (Wildman–Crippen MR) is 86.4 cm³/mol. The van der Waals surface area contributed by atoms with E-state index in [1.165, 1.54) is 11.3 Å². The average molecular weight is 304 g/mol. The molecule has 5 nitrogen and oxygen atoms in total. The zero-order chi connectivity index (χ0) is 15.2. The lowest BCUT2D eigenvalue weighted by molar-refractivity contribution is -0.120. The quantitative estimate of drug-likeness (QED) is 0.891. The zero-order valence-corrected chi connectivity index (χ0v) is 13.4. The van der Waals surface area contributed by atoms with Crippen LogP contribution in [0.15, 0.2) is 30.3 Å². The predicted octanol–water partition coefficient (Wildman–Crippen LogP) is 2.87. The van der Waals surface area contributed by atoms with Crippen molar-refractivity contribution in [1.82, 2.24) is 15.1 Å². The molecule has 1 aromatic heterocycles. The summed E-state index contributed by atoms with van der Waals surface area (Å²) in [6.07, 6.45) is 0. The van der Waals surface area contributed by atoms with E-state index >= 15 is 0 Å². The summed E-state index contributed by atoms with van der Waals surface area (Å²) in [6.45, 7) is 7.69. The number of anilines is 1. The summed E-state index contributed by atoms with van der Waals surface area (Å²) in [4.78, 5) is 14.3. The molecule has 0 bridgehead atoms. The first-order valence-electron chi connectivity index (χ1n) is 7.09. The minimum Gasteiger partial charge on any atom is -0.299 e. The summed E-state index contributed by atoms with van der Waals surface area (Å²) in [5, 5.41) is 12.4. The van der Waals surface area contributed by atoms with Gasteiger partial charge in [0, 0.05) is 5.56 Å². The van der Waals surface area contributed by atoms with Crippen LogP contribution in [0.3, 0.4) is 0 Å². The van der Waals surface area contributed by atoms with Gasteiger partial charge in [-0.1, -0.05) is 55.5 Å². The fourth-order valence-corrected chi connectivity index (χ4v) is 2.87. The molecule has 1 unspecified atom stereocenters. The molecule has 1 atom stereocenters. The van der Waals surface area contributed by atoms with E-state index in [1.807, 2.05) is 51.1 Å². The van der Waals surface area contributed by atoms with E-state index < -0.39 is 0 Å². The minimum atomic E-state index is -0.177. The minimum absolute atomic E-state index is 0.0468. The largest absolute Gasteiger partial charge is 0.299 e. The topological polar surface area (TPSA) is 58.1 Å². The van der Waals surface area contributed by atoms with Gasteiger partial charge in [0.2, 0.25) is 11.0 Å². The second-order valence-electron chi connectivity index (χ2n) is 4.66. The van der Waals surface area contributed by atoms with Crippen LogP contribution in [-0.4, -0.2) is 40.1 Å². The number of nitrogens with one attached hydrogen (secondary N) is 1. The Morgan fingerprint density at radius 1 is 1.24 bits per heavy atom. The van der Waals surface area contributed by atoms with Crippen molar-refractivity contribution < 1.29 is 4.79 Å². The molecular weight excluding hydrogens is 284 g/mol. The van der Waals surface area contributed by atoms with E-state index in [0.29, 0.717) is 5.13 Å². The van der Waals surface area contributed by atoms with E-state index in [2.05, 4.69) is 20.4 Å². The van der Waals surface area contributed by atoms with Gasteiger partial charge in [-0.15, -0.1) is 10.2 Å². The maximum absolute atomic E-state index is 12.2. The van der Waals surface area contributed by atoms with Crippen LogP contribution < -0.4 is 5.32 Å². The van der Waals surface area contributed by atoms with E-state index in [4.69, 9.17) is 0 Å². The van der Waals surface area contributed by atoms with Crippen LogP contribution in [0.4, 0.5) is 5.13 Å². The number of aromatic nitrogens is 2. The standard InChI is InChI=1S/C15H20N4OS/c1-4-19(5-2)11(3)13(20)16-15-18-17-14(21-15)12-9-7-6-8-10-12/h6-11H,4-5H2,1-3H3,(H,16,18,20). The molecule has 112 valence electrons. The van der Waals surface area contributed by atoms with Crippen LogP contribution in [0.2, 0.25) is 0 Å². The van der Waals surface area contributed by atoms with Crippen molar-refractivity contribution in [2.75, 3.05) is 18.4 Å². The number of hydrogen-bond donors (Lipinski definition) is 1. The number of amides is 1. The highest BCUT2D eigenvalue weighted by Crippen LogP contribution is 2.26. The second kappa shape index (κ2) is 7.28. The van der Waals surface area contributed by atoms with E-state index in [-0.39, 0.29) is 11.9 Å². The van der Waals surface area contributed by atoms with Crippen LogP contribution in [-0.2, 0) is 4.79 Å². The molecule has 1 heterocycles. The molecular formula is C15H20N4OS. The molecule has 0 fully saturated rings. The normalized spacial score (nSPS) is 12.4. The van der Waals surface area contributed by atoms with Gasteiger partial charge in [-0.2, -0.15) is 0 Å². The molecule has 0 saturated carbocycles. The van der Waals surface area contributed by atoms with Crippen LogP contribution >= 0.6 is 11.3 Å². The number of likely N-dealkylation sites (N-methyl/N-ethyl adjacent to an activating group) is 1. The fourth-order valence-electron chi connectivity index (χ4n) is 2.12. The third-order valence-corrected chi connectivity index (χ3v) is 4.30. The maximum atomic E-state index is 12.2. The summed E-state index contributed by atoms with van der Waals surface area (Å²) in [6, 6.07) is 9.65. The third kappa shape index (κ3) is 3.86. The summed E-state index contributed by atoms with van der Waals surface area (Å²) < 4.78 is 0. The Labute approximate surface area is 129 Å². The van der Waals surface area contributed by atoms with Gasteiger partial charge in [0.1, 0.15) is 5.01 Å². The molecule has 0 aliphatic carbocycles. The van der Waals surface area contributed by atoms with Gasteiger partial charge in [0.15, 0.2) is 0 Å². The van der Waals surface area contributed by atoms with Crippen LogP contribution in [0, 0.1) is 0 Å². The van der Waals surface area contributed by atoms with E-state index in [1.54, 1.807) is 0 Å². The molecule has 21 heavy (non-hydrogen) atoms. The molecule has 2 aromatic rings. The average Bonchev–Trinajstić information content (AvgIpc) is 2.97. The molecule has 0 aliphatic heterocycles. The molecule has 1 aromatic carbocycles. The highest BCUT2D eigenvalue weighted by molar-refractivity contribution is 7.18. The lowest BCUT2D eigenvalue weighted by atomic mass is 10.2. The maximum Gasteiger partial charge on any atom is 0.243 e.